The molecule has 0 amide bonds. The lowest BCUT2D eigenvalue weighted by Crippen LogP contribution is -2.40. The van der Waals surface area contributed by atoms with Crippen LogP contribution < -0.4 is 0 Å². The monoisotopic (exact) mass is 317 g/mol. The highest BCUT2D eigenvalue weighted by Crippen LogP contribution is 2.34. The molecule has 1 aliphatic heterocycles. The van der Waals surface area contributed by atoms with Crippen LogP contribution in [0, 0.1) is 17.8 Å². The quantitative estimate of drug-likeness (QED) is 0.867. The third-order valence-electron chi connectivity index (χ3n) is 6.02. The van der Waals surface area contributed by atoms with Crippen LogP contribution in [0.1, 0.15) is 51.5 Å². The number of hydrogen-bond acceptors (Lipinski definition) is 3. The second kappa shape index (κ2) is 7.18. The van der Waals surface area contributed by atoms with Gasteiger partial charge < -0.3 is 14.6 Å². The molecular weight excluding hydrogens is 286 g/mol. The largest absolute Gasteiger partial charge is 0.385 e. The Morgan fingerprint density at radius 2 is 2.04 bits per heavy atom. The molecule has 1 aromatic heterocycles. The summed E-state index contributed by atoms with van der Waals surface area (Å²) >= 11 is 0. The molecule has 3 atom stereocenters. The lowest BCUT2D eigenvalue weighted by Gasteiger charge is -2.38. The summed E-state index contributed by atoms with van der Waals surface area (Å²) in [6.07, 6.45) is 10.4. The van der Waals surface area contributed by atoms with Gasteiger partial charge in [-0.2, -0.15) is 0 Å². The molecule has 1 fully saturated rings. The normalized spacial score (nSPS) is 28.6. The third-order valence-corrected chi connectivity index (χ3v) is 6.02. The molecule has 4 heteroatoms. The van der Waals surface area contributed by atoms with Crippen LogP contribution in [-0.4, -0.2) is 39.2 Å². The van der Waals surface area contributed by atoms with Gasteiger partial charge in [0.15, 0.2) is 0 Å². The standard InChI is InChI=1S/C19H31N3O/c1-14-5-4-6-15(2)17(14)13-22-10-7-16(8-11-22)18(23)19-20-9-12-21(19)3/h5,9,12,15-18,23H,4,6-8,10-11,13H2,1-3H3/t15-,17+,18+/m0/s1. The van der Waals surface area contributed by atoms with Crippen LogP contribution in [0.15, 0.2) is 24.0 Å². The summed E-state index contributed by atoms with van der Waals surface area (Å²) in [4.78, 5) is 6.92. The highest BCUT2D eigenvalue weighted by atomic mass is 16.3. The lowest BCUT2D eigenvalue weighted by atomic mass is 9.79. The predicted octanol–water partition coefficient (Wildman–Crippen LogP) is 3.16. The smallest absolute Gasteiger partial charge is 0.137 e. The second-order valence-electron chi connectivity index (χ2n) is 7.59. The first-order chi connectivity index (χ1) is 11.1. The van der Waals surface area contributed by atoms with Crippen molar-refractivity contribution in [2.24, 2.45) is 24.8 Å². The van der Waals surface area contributed by atoms with E-state index in [9.17, 15) is 5.11 Å². The van der Waals surface area contributed by atoms with Crippen molar-refractivity contribution < 1.29 is 5.11 Å². The zero-order valence-electron chi connectivity index (χ0n) is 14.8. The molecule has 0 aromatic carbocycles. The van der Waals surface area contributed by atoms with Crippen LogP contribution in [0.2, 0.25) is 0 Å². The molecule has 0 spiro atoms. The zero-order valence-corrected chi connectivity index (χ0v) is 14.8. The Labute approximate surface area is 140 Å². The van der Waals surface area contributed by atoms with E-state index in [1.165, 1.54) is 19.4 Å². The Balaban J connectivity index is 1.53. The molecule has 0 unspecified atom stereocenters. The van der Waals surface area contributed by atoms with Gasteiger partial charge in [-0.1, -0.05) is 18.6 Å². The number of rotatable bonds is 4. The van der Waals surface area contributed by atoms with E-state index < -0.39 is 6.10 Å². The van der Waals surface area contributed by atoms with Crippen molar-refractivity contribution >= 4 is 0 Å². The number of likely N-dealkylation sites (tertiary alicyclic amines) is 1. The molecule has 23 heavy (non-hydrogen) atoms. The molecule has 1 saturated heterocycles. The second-order valence-corrected chi connectivity index (χ2v) is 7.59. The fourth-order valence-electron chi connectivity index (χ4n) is 4.30. The molecule has 1 aliphatic carbocycles. The number of nitrogens with zero attached hydrogens (tertiary/aromatic N) is 3. The molecule has 3 rings (SSSR count). The number of aryl methyl sites for hydroxylation is 1. The minimum Gasteiger partial charge on any atom is -0.385 e. The first kappa shape index (κ1) is 16.7. The number of aromatic nitrogens is 2. The van der Waals surface area contributed by atoms with Crippen LogP contribution in [0.4, 0.5) is 0 Å². The van der Waals surface area contributed by atoms with Crippen molar-refractivity contribution in [2.75, 3.05) is 19.6 Å². The van der Waals surface area contributed by atoms with E-state index in [2.05, 4.69) is 29.8 Å². The Morgan fingerprint density at radius 3 is 2.65 bits per heavy atom. The van der Waals surface area contributed by atoms with Crippen molar-refractivity contribution in [1.82, 2.24) is 14.5 Å². The van der Waals surface area contributed by atoms with Gasteiger partial charge in [-0.15, -0.1) is 0 Å². The zero-order chi connectivity index (χ0) is 16.4. The first-order valence-electron chi connectivity index (χ1n) is 9.10. The van der Waals surface area contributed by atoms with E-state index in [1.54, 1.807) is 11.8 Å². The molecule has 128 valence electrons. The number of piperidine rings is 1. The Bertz CT molecular complexity index is 543. The fourth-order valence-corrected chi connectivity index (χ4v) is 4.30. The van der Waals surface area contributed by atoms with Gasteiger partial charge in [0.25, 0.3) is 0 Å². The van der Waals surface area contributed by atoms with Crippen LogP contribution in [-0.2, 0) is 7.05 Å². The summed E-state index contributed by atoms with van der Waals surface area (Å²) in [5.74, 6) is 2.67. The Kier molecular flexibility index (Phi) is 5.22. The van der Waals surface area contributed by atoms with Crippen molar-refractivity contribution in [3.8, 4) is 0 Å². The molecular formula is C19H31N3O. The van der Waals surface area contributed by atoms with Crippen LogP contribution in [0.5, 0.6) is 0 Å². The minimum atomic E-state index is -0.424. The van der Waals surface area contributed by atoms with E-state index in [1.807, 2.05) is 17.8 Å². The Hall–Kier alpha value is -1.13. The van der Waals surface area contributed by atoms with Crippen molar-refractivity contribution in [3.63, 3.8) is 0 Å². The molecule has 4 nitrogen and oxygen atoms in total. The maximum Gasteiger partial charge on any atom is 0.137 e. The maximum absolute atomic E-state index is 10.6. The van der Waals surface area contributed by atoms with Crippen LogP contribution in [0.3, 0.4) is 0 Å². The number of allylic oxidation sites excluding steroid dienone is 1. The van der Waals surface area contributed by atoms with Crippen molar-refractivity contribution in [2.45, 2.75) is 45.6 Å². The van der Waals surface area contributed by atoms with E-state index in [0.29, 0.717) is 5.92 Å². The van der Waals surface area contributed by atoms with Crippen molar-refractivity contribution in [3.05, 3.63) is 29.9 Å². The minimum absolute atomic E-state index is 0.341. The van der Waals surface area contributed by atoms with E-state index >= 15 is 0 Å². The van der Waals surface area contributed by atoms with E-state index in [0.717, 1.165) is 43.6 Å². The molecule has 2 heterocycles. The van der Waals surface area contributed by atoms with Gasteiger partial charge in [0.05, 0.1) is 0 Å². The molecule has 1 N–H and O–H groups in total. The predicted molar refractivity (Wildman–Crippen MR) is 93.0 cm³/mol. The maximum atomic E-state index is 10.6. The van der Waals surface area contributed by atoms with Crippen molar-refractivity contribution in [1.29, 1.82) is 0 Å². The van der Waals surface area contributed by atoms with Gasteiger partial charge in [-0.3, -0.25) is 0 Å². The summed E-state index contributed by atoms with van der Waals surface area (Å²) in [6, 6.07) is 0. The Morgan fingerprint density at radius 1 is 1.30 bits per heavy atom. The van der Waals surface area contributed by atoms with Crippen LogP contribution in [0.25, 0.3) is 0 Å². The number of aliphatic hydroxyl groups excluding tert-OH is 1. The molecule has 2 aliphatic rings. The van der Waals surface area contributed by atoms with E-state index in [-0.39, 0.29) is 0 Å². The van der Waals surface area contributed by atoms with Crippen LogP contribution >= 0.6 is 0 Å². The van der Waals surface area contributed by atoms with Gasteiger partial charge in [0.2, 0.25) is 0 Å². The molecule has 1 aromatic rings. The van der Waals surface area contributed by atoms with E-state index in [4.69, 9.17) is 0 Å². The molecule has 0 bridgehead atoms. The number of aliphatic hydroxyl groups is 1. The highest BCUT2D eigenvalue weighted by molar-refractivity contribution is 5.09. The van der Waals surface area contributed by atoms with Gasteiger partial charge >= 0.3 is 0 Å². The molecule has 0 radical (unpaired) electrons. The topological polar surface area (TPSA) is 41.3 Å². The highest BCUT2D eigenvalue weighted by Gasteiger charge is 2.30. The van der Waals surface area contributed by atoms with Gasteiger partial charge in [-0.25, -0.2) is 4.98 Å². The molecule has 0 saturated carbocycles. The van der Waals surface area contributed by atoms with Gasteiger partial charge in [-0.05, 0) is 63.5 Å². The number of imidazole rings is 1. The SMILES string of the molecule is CC1=CCC[C@H](C)[C@@H]1CN1CCC([C@@H](O)c2nccn2C)CC1. The summed E-state index contributed by atoms with van der Waals surface area (Å²) in [5, 5.41) is 10.6. The average molecular weight is 317 g/mol. The summed E-state index contributed by atoms with van der Waals surface area (Å²) in [6.45, 7) is 8.09. The van der Waals surface area contributed by atoms with Gasteiger partial charge in [0.1, 0.15) is 11.9 Å². The third kappa shape index (κ3) is 3.69. The summed E-state index contributed by atoms with van der Waals surface area (Å²) in [5.41, 5.74) is 1.58. The van der Waals surface area contributed by atoms with Gasteiger partial charge in [0, 0.05) is 26.0 Å². The average Bonchev–Trinajstić information content (AvgIpc) is 2.97. The number of hydrogen-bond donors (Lipinski definition) is 1. The fraction of sp³-hybridized carbons (Fsp3) is 0.737. The lowest BCUT2D eigenvalue weighted by molar-refractivity contribution is 0.0457. The summed E-state index contributed by atoms with van der Waals surface area (Å²) < 4.78 is 1.94. The summed E-state index contributed by atoms with van der Waals surface area (Å²) in [7, 11) is 1.96. The first-order valence-corrected chi connectivity index (χ1v) is 9.10.